The maximum Gasteiger partial charge on any atom is 0.184 e. The first-order chi connectivity index (χ1) is 11.5. The van der Waals surface area contributed by atoms with Gasteiger partial charge in [-0.2, -0.15) is 5.10 Å². The second-order valence-corrected chi connectivity index (χ2v) is 5.94. The van der Waals surface area contributed by atoms with Crippen LogP contribution in [0.4, 0.5) is 0 Å². The first kappa shape index (κ1) is 18.3. The highest BCUT2D eigenvalue weighted by Gasteiger charge is 2.07. The molecule has 0 heterocycles. The number of nitrogens with one attached hydrogen (secondary N) is 1. The number of thiocarbonyl (C=S) groups is 1. The van der Waals surface area contributed by atoms with Crippen molar-refractivity contribution in [2.75, 3.05) is 7.11 Å². The van der Waals surface area contributed by atoms with E-state index in [2.05, 4.69) is 22.7 Å². The lowest BCUT2D eigenvalue weighted by Crippen LogP contribution is -2.23. The normalized spacial score (nSPS) is 10.6. The lowest BCUT2D eigenvalue weighted by atomic mass is 10.2. The average molecular weight is 384 g/mol. The predicted molar refractivity (Wildman–Crippen MR) is 101 cm³/mol. The summed E-state index contributed by atoms with van der Waals surface area (Å²) in [5.74, 6) is 1.18. The SMILES string of the molecule is COc1cc(/C=N\NC(N)=S)ccc1OCc1ccc(Cl)c(Cl)c1. The number of rotatable bonds is 6. The molecule has 0 radical (unpaired) electrons. The molecule has 3 N–H and O–H groups in total. The zero-order chi connectivity index (χ0) is 17.5. The number of hydrogen-bond acceptors (Lipinski definition) is 4. The molecule has 0 saturated carbocycles. The Hall–Kier alpha value is -2.02. The van der Waals surface area contributed by atoms with Crippen molar-refractivity contribution in [2.45, 2.75) is 6.61 Å². The molecular formula is C16H15Cl2N3O2S. The molecule has 0 bridgehead atoms. The van der Waals surface area contributed by atoms with Gasteiger partial charge < -0.3 is 15.2 Å². The van der Waals surface area contributed by atoms with Crippen LogP contribution >= 0.6 is 35.4 Å². The summed E-state index contributed by atoms with van der Waals surface area (Å²) >= 11 is 16.6. The summed E-state index contributed by atoms with van der Waals surface area (Å²) < 4.78 is 11.1. The van der Waals surface area contributed by atoms with Crippen LogP contribution in [0.2, 0.25) is 10.0 Å². The van der Waals surface area contributed by atoms with E-state index in [1.807, 2.05) is 12.1 Å². The Kier molecular flexibility index (Phi) is 6.66. The zero-order valence-corrected chi connectivity index (χ0v) is 15.1. The van der Waals surface area contributed by atoms with Crippen molar-refractivity contribution >= 4 is 46.7 Å². The van der Waals surface area contributed by atoms with E-state index in [4.69, 9.17) is 38.4 Å². The van der Waals surface area contributed by atoms with Gasteiger partial charge in [0.1, 0.15) is 6.61 Å². The highest BCUT2D eigenvalue weighted by atomic mass is 35.5. The smallest absolute Gasteiger partial charge is 0.184 e. The molecule has 0 aliphatic carbocycles. The van der Waals surface area contributed by atoms with Crippen LogP contribution in [0, 0.1) is 0 Å². The summed E-state index contributed by atoms with van der Waals surface area (Å²) in [6.45, 7) is 0.337. The van der Waals surface area contributed by atoms with Gasteiger partial charge in [-0.3, -0.25) is 5.43 Å². The van der Waals surface area contributed by atoms with Crippen LogP contribution in [0.3, 0.4) is 0 Å². The number of nitrogens with zero attached hydrogens (tertiary/aromatic N) is 1. The highest BCUT2D eigenvalue weighted by Crippen LogP contribution is 2.29. The minimum Gasteiger partial charge on any atom is -0.493 e. The fraction of sp³-hybridized carbons (Fsp3) is 0.125. The fourth-order valence-electron chi connectivity index (χ4n) is 1.84. The summed E-state index contributed by atoms with van der Waals surface area (Å²) in [5, 5.41) is 4.98. The number of methoxy groups -OCH3 is 1. The van der Waals surface area contributed by atoms with Gasteiger partial charge in [-0.15, -0.1) is 0 Å². The van der Waals surface area contributed by atoms with Gasteiger partial charge in [-0.05, 0) is 53.7 Å². The number of hydrogen-bond donors (Lipinski definition) is 2. The largest absolute Gasteiger partial charge is 0.493 e. The molecule has 5 nitrogen and oxygen atoms in total. The van der Waals surface area contributed by atoms with Crippen molar-refractivity contribution in [1.29, 1.82) is 0 Å². The second-order valence-electron chi connectivity index (χ2n) is 4.68. The van der Waals surface area contributed by atoms with Crippen LogP contribution in [-0.2, 0) is 6.61 Å². The van der Waals surface area contributed by atoms with Crippen LogP contribution in [0.1, 0.15) is 11.1 Å². The summed E-state index contributed by atoms with van der Waals surface area (Å²) in [7, 11) is 1.57. The zero-order valence-electron chi connectivity index (χ0n) is 12.8. The molecule has 0 aromatic heterocycles. The van der Waals surface area contributed by atoms with Gasteiger partial charge in [-0.1, -0.05) is 29.3 Å². The molecule has 0 fully saturated rings. The van der Waals surface area contributed by atoms with Gasteiger partial charge in [0, 0.05) is 0 Å². The molecule has 2 aromatic rings. The van der Waals surface area contributed by atoms with Crippen LogP contribution in [-0.4, -0.2) is 18.4 Å². The standard InChI is InChI=1S/C16H15Cl2N3O2S/c1-22-15-7-10(8-20-21-16(19)24)3-5-14(15)23-9-11-2-4-12(17)13(18)6-11/h2-8H,9H2,1H3,(H3,19,21,24)/b20-8-. The first-order valence-electron chi connectivity index (χ1n) is 6.83. The second kappa shape index (κ2) is 8.73. The Morgan fingerprint density at radius 2 is 2.00 bits per heavy atom. The van der Waals surface area contributed by atoms with Gasteiger partial charge >= 0.3 is 0 Å². The van der Waals surface area contributed by atoms with Crippen molar-refractivity contribution in [3.63, 3.8) is 0 Å². The van der Waals surface area contributed by atoms with Crippen LogP contribution in [0.5, 0.6) is 11.5 Å². The van der Waals surface area contributed by atoms with E-state index in [-0.39, 0.29) is 5.11 Å². The van der Waals surface area contributed by atoms with Crippen molar-refractivity contribution < 1.29 is 9.47 Å². The number of nitrogens with two attached hydrogens (primary N) is 1. The quantitative estimate of drug-likeness (QED) is 0.451. The Morgan fingerprint density at radius 1 is 1.21 bits per heavy atom. The van der Waals surface area contributed by atoms with Gasteiger partial charge in [-0.25, -0.2) is 0 Å². The molecule has 0 unspecified atom stereocenters. The van der Waals surface area contributed by atoms with Crippen molar-refractivity contribution in [3.8, 4) is 11.5 Å². The van der Waals surface area contributed by atoms with E-state index in [0.29, 0.717) is 28.2 Å². The Labute approximate surface area is 155 Å². The third-order valence-corrected chi connectivity index (χ3v) is 3.78. The molecule has 0 spiro atoms. The van der Waals surface area contributed by atoms with Crippen molar-refractivity contribution in [3.05, 3.63) is 57.6 Å². The van der Waals surface area contributed by atoms with Gasteiger partial charge in [0.15, 0.2) is 16.6 Å². The molecule has 0 amide bonds. The van der Waals surface area contributed by atoms with E-state index >= 15 is 0 Å². The van der Waals surface area contributed by atoms with E-state index in [1.54, 1.807) is 37.6 Å². The van der Waals surface area contributed by atoms with Crippen molar-refractivity contribution in [1.82, 2.24) is 5.43 Å². The summed E-state index contributed by atoms with van der Waals surface area (Å²) in [6.07, 6.45) is 1.57. The van der Waals surface area contributed by atoms with Crippen LogP contribution < -0.4 is 20.6 Å². The average Bonchev–Trinajstić information content (AvgIpc) is 2.56. The Balaban J connectivity index is 2.08. The van der Waals surface area contributed by atoms with E-state index < -0.39 is 0 Å². The number of hydrazone groups is 1. The predicted octanol–water partition coefficient (Wildman–Crippen LogP) is 3.75. The van der Waals surface area contributed by atoms with Crippen molar-refractivity contribution in [2.24, 2.45) is 10.8 Å². The summed E-state index contributed by atoms with van der Waals surface area (Å²) in [5.41, 5.74) is 9.49. The topological polar surface area (TPSA) is 68.9 Å². The lowest BCUT2D eigenvalue weighted by Gasteiger charge is -2.11. The molecule has 0 aliphatic heterocycles. The maximum atomic E-state index is 5.99. The van der Waals surface area contributed by atoms with Gasteiger partial charge in [0.2, 0.25) is 0 Å². The molecule has 0 aliphatic rings. The van der Waals surface area contributed by atoms with Crippen LogP contribution in [0.15, 0.2) is 41.5 Å². The van der Waals surface area contributed by atoms with Gasteiger partial charge in [0.05, 0.1) is 23.4 Å². The molecule has 24 heavy (non-hydrogen) atoms. The lowest BCUT2D eigenvalue weighted by molar-refractivity contribution is 0.284. The van der Waals surface area contributed by atoms with E-state index in [9.17, 15) is 0 Å². The Morgan fingerprint density at radius 3 is 2.67 bits per heavy atom. The maximum absolute atomic E-state index is 5.99. The van der Waals surface area contributed by atoms with E-state index in [1.165, 1.54) is 0 Å². The molecule has 126 valence electrons. The molecule has 8 heteroatoms. The fourth-order valence-corrected chi connectivity index (χ4v) is 2.22. The van der Waals surface area contributed by atoms with Crippen LogP contribution in [0.25, 0.3) is 0 Å². The molecule has 0 saturated heterocycles. The minimum atomic E-state index is 0.0970. The molecular weight excluding hydrogens is 369 g/mol. The highest BCUT2D eigenvalue weighted by molar-refractivity contribution is 7.80. The van der Waals surface area contributed by atoms with E-state index in [0.717, 1.165) is 11.1 Å². The summed E-state index contributed by atoms with van der Waals surface area (Å²) in [6, 6.07) is 10.8. The first-order valence-corrected chi connectivity index (χ1v) is 7.99. The van der Waals surface area contributed by atoms with Gasteiger partial charge in [0.25, 0.3) is 0 Å². The number of benzene rings is 2. The third kappa shape index (κ3) is 5.26. The Bertz CT molecular complexity index is 769. The molecule has 2 rings (SSSR count). The summed E-state index contributed by atoms with van der Waals surface area (Å²) in [4.78, 5) is 0. The number of ether oxygens (including phenoxy) is 2. The minimum absolute atomic E-state index is 0.0970. The number of halogens is 2. The monoisotopic (exact) mass is 383 g/mol. The molecule has 0 atom stereocenters. The third-order valence-electron chi connectivity index (χ3n) is 2.95. The molecule has 2 aromatic carbocycles.